The smallest absolute Gasteiger partial charge is 0.479 e. The second-order valence-corrected chi connectivity index (χ2v) is 9.36. The van der Waals surface area contributed by atoms with Crippen LogP contribution in [0.2, 0.25) is 5.02 Å². The fourth-order valence-corrected chi connectivity index (χ4v) is 3.29. The standard InChI is InChI=1S/C24H26ClF3N2O7/c1-23(2,3)37-22(35)29-17(11-13-7-9-15(25)10-8-13)19(31)20(32)30-18(21(33)34)14-5-4-6-16(12-14)36-24(26,27)28/h4-10,12,17-19,31H,11H2,1-3H3,(H,29,35)(H,30,32)(H,33,34)/t17-,18-,19+/m1/s1. The monoisotopic (exact) mass is 546 g/mol. The van der Waals surface area contributed by atoms with Gasteiger partial charge in [-0.15, -0.1) is 13.2 Å². The van der Waals surface area contributed by atoms with Gasteiger partial charge in [0, 0.05) is 5.02 Å². The molecule has 2 rings (SSSR count). The van der Waals surface area contributed by atoms with Gasteiger partial charge in [-0.2, -0.15) is 0 Å². The van der Waals surface area contributed by atoms with Crippen LogP contribution in [0, 0.1) is 0 Å². The Morgan fingerprint density at radius 1 is 1.03 bits per heavy atom. The first kappa shape index (κ1) is 29.7. The number of aliphatic carboxylic acids is 1. The summed E-state index contributed by atoms with van der Waals surface area (Å²) in [4.78, 5) is 37.0. The molecule has 2 aromatic rings. The molecule has 2 aromatic carbocycles. The highest BCUT2D eigenvalue weighted by atomic mass is 35.5. The first-order valence-corrected chi connectivity index (χ1v) is 11.2. The molecule has 9 nitrogen and oxygen atoms in total. The third kappa shape index (κ3) is 10.2. The largest absolute Gasteiger partial charge is 0.573 e. The average molecular weight is 547 g/mol. The topological polar surface area (TPSA) is 134 Å². The Balaban J connectivity index is 2.26. The highest BCUT2D eigenvalue weighted by molar-refractivity contribution is 6.30. The van der Waals surface area contributed by atoms with Crippen LogP contribution >= 0.6 is 11.6 Å². The molecule has 37 heavy (non-hydrogen) atoms. The molecule has 202 valence electrons. The third-order valence-corrected chi connectivity index (χ3v) is 4.93. The highest BCUT2D eigenvalue weighted by Crippen LogP contribution is 2.26. The minimum absolute atomic E-state index is 0.0718. The van der Waals surface area contributed by atoms with Crippen molar-refractivity contribution in [2.75, 3.05) is 0 Å². The molecule has 0 heterocycles. The summed E-state index contributed by atoms with van der Waals surface area (Å²) in [5.74, 6) is -3.51. The minimum Gasteiger partial charge on any atom is -0.479 e. The van der Waals surface area contributed by atoms with Crippen LogP contribution in [0.15, 0.2) is 48.5 Å². The van der Waals surface area contributed by atoms with Gasteiger partial charge in [0.15, 0.2) is 12.1 Å². The summed E-state index contributed by atoms with van der Waals surface area (Å²) in [5, 5.41) is 25.3. The second kappa shape index (κ2) is 12.2. The zero-order chi connectivity index (χ0) is 28.0. The maximum absolute atomic E-state index is 12.8. The third-order valence-electron chi connectivity index (χ3n) is 4.68. The Labute approximate surface area is 215 Å². The molecule has 0 unspecified atom stereocenters. The van der Waals surface area contributed by atoms with E-state index in [0.717, 1.165) is 18.2 Å². The van der Waals surface area contributed by atoms with Gasteiger partial charge >= 0.3 is 18.4 Å². The van der Waals surface area contributed by atoms with E-state index in [9.17, 15) is 37.8 Å². The molecule has 0 aliphatic heterocycles. The summed E-state index contributed by atoms with van der Waals surface area (Å²) in [6.07, 6.45) is -8.00. The SMILES string of the molecule is CC(C)(C)OC(=O)N[C@H](Cc1ccc(Cl)cc1)[C@H](O)C(=O)N[C@@H](C(=O)O)c1cccc(OC(F)(F)F)c1. The normalized spacial score (nSPS) is 14.2. The van der Waals surface area contributed by atoms with Gasteiger partial charge in [-0.1, -0.05) is 35.9 Å². The number of aliphatic hydroxyl groups excluding tert-OH is 1. The van der Waals surface area contributed by atoms with Crippen molar-refractivity contribution in [3.05, 3.63) is 64.7 Å². The zero-order valence-electron chi connectivity index (χ0n) is 20.0. The van der Waals surface area contributed by atoms with Gasteiger partial charge in [0.2, 0.25) is 0 Å². The lowest BCUT2D eigenvalue weighted by Gasteiger charge is -2.27. The van der Waals surface area contributed by atoms with Crippen LogP contribution < -0.4 is 15.4 Å². The second-order valence-electron chi connectivity index (χ2n) is 8.93. The first-order chi connectivity index (χ1) is 17.0. The van der Waals surface area contributed by atoms with Crippen LogP contribution in [0.4, 0.5) is 18.0 Å². The zero-order valence-corrected chi connectivity index (χ0v) is 20.8. The van der Waals surface area contributed by atoms with Crippen molar-refractivity contribution in [2.45, 2.75) is 57.3 Å². The lowest BCUT2D eigenvalue weighted by atomic mass is 9.99. The van der Waals surface area contributed by atoms with E-state index in [0.29, 0.717) is 10.6 Å². The van der Waals surface area contributed by atoms with Crippen LogP contribution in [0.3, 0.4) is 0 Å². The quantitative estimate of drug-likeness (QED) is 0.374. The van der Waals surface area contributed by atoms with Gasteiger partial charge in [0.05, 0.1) is 6.04 Å². The number of ether oxygens (including phenoxy) is 2. The van der Waals surface area contributed by atoms with Crippen molar-refractivity contribution in [3.63, 3.8) is 0 Å². The molecule has 0 bridgehead atoms. The molecule has 0 radical (unpaired) electrons. The molecule has 0 spiro atoms. The first-order valence-electron chi connectivity index (χ1n) is 10.8. The number of rotatable bonds is 9. The van der Waals surface area contributed by atoms with E-state index >= 15 is 0 Å². The van der Waals surface area contributed by atoms with Gasteiger partial charge in [0.25, 0.3) is 5.91 Å². The van der Waals surface area contributed by atoms with Gasteiger partial charge < -0.3 is 30.3 Å². The number of nitrogens with one attached hydrogen (secondary N) is 2. The summed E-state index contributed by atoms with van der Waals surface area (Å²) < 4.78 is 46.6. The molecule has 0 saturated carbocycles. The van der Waals surface area contributed by atoms with E-state index in [1.165, 1.54) is 6.07 Å². The predicted octanol–water partition coefficient (Wildman–Crippen LogP) is 3.98. The van der Waals surface area contributed by atoms with Crippen molar-refractivity contribution in [2.24, 2.45) is 0 Å². The number of hydrogen-bond donors (Lipinski definition) is 4. The van der Waals surface area contributed by atoms with E-state index in [2.05, 4.69) is 15.4 Å². The number of halogens is 4. The number of amides is 2. The molecule has 0 aromatic heterocycles. The van der Waals surface area contributed by atoms with Gasteiger partial charge in [-0.25, -0.2) is 9.59 Å². The lowest BCUT2D eigenvalue weighted by Crippen LogP contribution is -2.53. The lowest BCUT2D eigenvalue weighted by molar-refractivity contribution is -0.274. The van der Waals surface area contributed by atoms with Crippen molar-refractivity contribution in [3.8, 4) is 5.75 Å². The Kier molecular flexibility index (Phi) is 9.76. The Morgan fingerprint density at radius 3 is 2.19 bits per heavy atom. The minimum atomic E-state index is -5.01. The molecule has 0 aliphatic rings. The fourth-order valence-electron chi connectivity index (χ4n) is 3.16. The maximum atomic E-state index is 12.8. The van der Waals surface area contributed by atoms with E-state index < -0.39 is 53.9 Å². The van der Waals surface area contributed by atoms with E-state index in [-0.39, 0.29) is 12.0 Å². The predicted molar refractivity (Wildman–Crippen MR) is 126 cm³/mol. The summed E-state index contributed by atoms with van der Waals surface area (Å²) >= 11 is 5.88. The number of alkyl halides is 3. The highest BCUT2D eigenvalue weighted by Gasteiger charge is 2.34. The summed E-state index contributed by atoms with van der Waals surface area (Å²) in [6.45, 7) is 4.83. The molecule has 0 fully saturated rings. The van der Waals surface area contributed by atoms with E-state index in [1.54, 1.807) is 45.0 Å². The Morgan fingerprint density at radius 2 is 1.65 bits per heavy atom. The van der Waals surface area contributed by atoms with E-state index in [1.807, 2.05) is 0 Å². The van der Waals surface area contributed by atoms with Crippen LogP contribution in [0.5, 0.6) is 5.75 Å². The summed E-state index contributed by atoms with van der Waals surface area (Å²) in [5.41, 5.74) is -0.562. The number of aliphatic hydroxyl groups is 1. The number of carbonyl (C=O) groups excluding carboxylic acids is 2. The van der Waals surface area contributed by atoms with Crippen molar-refractivity contribution < 1.29 is 47.2 Å². The molecule has 3 atom stereocenters. The number of benzene rings is 2. The number of carboxylic acid groups (broad SMARTS) is 1. The van der Waals surface area contributed by atoms with Gasteiger partial charge in [-0.05, 0) is 62.6 Å². The fraction of sp³-hybridized carbons (Fsp3) is 0.375. The van der Waals surface area contributed by atoms with Crippen LogP contribution in [-0.4, -0.2) is 52.3 Å². The Bertz CT molecular complexity index is 1100. The molecule has 2 amide bonds. The maximum Gasteiger partial charge on any atom is 0.573 e. The molecular weight excluding hydrogens is 521 g/mol. The van der Waals surface area contributed by atoms with Gasteiger partial charge in [0.1, 0.15) is 11.4 Å². The molecule has 0 saturated heterocycles. The number of hydrogen-bond acceptors (Lipinski definition) is 6. The van der Waals surface area contributed by atoms with Crippen LogP contribution in [0.1, 0.15) is 37.9 Å². The molecule has 0 aliphatic carbocycles. The number of alkyl carbamates (subject to hydrolysis) is 1. The summed E-state index contributed by atoms with van der Waals surface area (Å²) in [7, 11) is 0. The van der Waals surface area contributed by atoms with Crippen LogP contribution in [0.25, 0.3) is 0 Å². The number of carbonyl (C=O) groups is 3. The molecular formula is C24H26ClF3N2O7. The Hall–Kier alpha value is -3.51. The van der Waals surface area contributed by atoms with Crippen molar-refractivity contribution in [1.29, 1.82) is 0 Å². The van der Waals surface area contributed by atoms with E-state index in [4.69, 9.17) is 16.3 Å². The number of carboxylic acids is 1. The van der Waals surface area contributed by atoms with Crippen molar-refractivity contribution in [1.82, 2.24) is 10.6 Å². The molecule has 13 heteroatoms. The average Bonchev–Trinajstić information content (AvgIpc) is 2.75. The van der Waals surface area contributed by atoms with Crippen LogP contribution in [-0.2, 0) is 20.7 Å². The summed E-state index contributed by atoms with van der Waals surface area (Å²) in [6, 6.07) is 7.24. The molecule has 4 N–H and O–H groups in total. The van der Waals surface area contributed by atoms with Crippen molar-refractivity contribution >= 4 is 29.6 Å². The van der Waals surface area contributed by atoms with Gasteiger partial charge in [-0.3, -0.25) is 4.79 Å².